The third-order valence-electron chi connectivity index (χ3n) is 0. The topological polar surface area (TPSA) is 298 Å². The maximum absolute atomic E-state index is 7.00. The molecule has 0 fully saturated rings. The SMILES string of the molecule is O.O.O.O.O.O.O.O.[Ba+2].[O-][O-]. The molecule has 0 aliphatic heterocycles. The van der Waals surface area contributed by atoms with Crippen LogP contribution in [0.15, 0.2) is 0 Å². The molecule has 11 heteroatoms. The Morgan fingerprint density at radius 3 is 0.364 bits per heavy atom. The summed E-state index contributed by atoms with van der Waals surface area (Å²) in [7, 11) is 0. The quantitative estimate of drug-likeness (QED) is 0.239. The second-order valence-corrected chi connectivity index (χ2v) is 0. The second-order valence-electron chi connectivity index (χ2n) is 0. The van der Waals surface area contributed by atoms with Crippen LogP contribution in [0.25, 0.3) is 0 Å². The molecule has 0 bridgehead atoms. The molecule has 0 rings (SSSR count). The smallest absolute Gasteiger partial charge is 1.00 e. The van der Waals surface area contributed by atoms with Gasteiger partial charge in [0.15, 0.2) is 0 Å². The summed E-state index contributed by atoms with van der Waals surface area (Å²) < 4.78 is 0. The zero-order valence-electron chi connectivity index (χ0n) is 5.52. The van der Waals surface area contributed by atoms with E-state index in [4.69, 9.17) is 10.5 Å². The van der Waals surface area contributed by atoms with Crippen LogP contribution >= 0.6 is 0 Å². The fourth-order valence-corrected chi connectivity index (χ4v) is 0. The Bertz CT molecular complexity index is 4.83. The molecule has 0 radical (unpaired) electrons. The van der Waals surface area contributed by atoms with Crippen LogP contribution in [-0.2, 0) is 0 Å². The fourth-order valence-electron chi connectivity index (χ4n) is 0. The summed E-state index contributed by atoms with van der Waals surface area (Å²) in [6.07, 6.45) is 0. The molecule has 16 N–H and O–H groups in total. The van der Waals surface area contributed by atoms with E-state index in [1.807, 2.05) is 0 Å². The fraction of sp³-hybridized carbons (Fsp3) is 0. The van der Waals surface area contributed by atoms with Crippen molar-refractivity contribution >= 4 is 48.9 Å². The number of hydrogen-bond donors (Lipinski definition) is 0. The first kappa shape index (κ1) is 322. The van der Waals surface area contributed by atoms with Crippen LogP contribution < -0.4 is 10.5 Å². The van der Waals surface area contributed by atoms with E-state index in [-0.39, 0.29) is 92.7 Å². The van der Waals surface area contributed by atoms with Gasteiger partial charge >= 0.3 is 48.9 Å². The number of rotatable bonds is 0. The van der Waals surface area contributed by atoms with Crippen molar-refractivity contribution in [2.24, 2.45) is 0 Å². The largest absolute Gasteiger partial charge is 2.00 e. The van der Waals surface area contributed by atoms with Crippen LogP contribution in [0, 0.1) is 0 Å². The van der Waals surface area contributed by atoms with Crippen LogP contribution in [0.1, 0.15) is 0 Å². The van der Waals surface area contributed by atoms with E-state index in [0.29, 0.717) is 0 Å². The molecule has 10 nitrogen and oxygen atoms in total. The van der Waals surface area contributed by atoms with Crippen LogP contribution in [0.4, 0.5) is 0 Å². The Labute approximate surface area is 102 Å². The normalized spacial score (nSPS) is 0.545. The molecule has 0 aliphatic rings. The second kappa shape index (κ2) is 842. The first-order valence-electron chi connectivity index (χ1n) is 0.167. The molecule has 0 unspecified atom stereocenters. The Balaban J connectivity index is -0.000000000139. The van der Waals surface area contributed by atoms with Gasteiger partial charge in [0, 0.05) is 0 Å². The van der Waals surface area contributed by atoms with Gasteiger partial charge in [0.05, 0.1) is 0 Å². The van der Waals surface area contributed by atoms with Crippen molar-refractivity contribution in [1.82, 2.24) is 0 Å². The molecule has 0 amide bonds. The van der Waals surface area contributed by atoms with Crippen LogP contribution in [0.5, 0.6) is 0 Å². The summed E-state index contributed by atoms with van der Waals surface area (Å²) in [5.74, 6) is 0. The van der Waals surface area contributed by atoms with Crippen molar-refractivity contribution in [3.05, 3.63) is 0 Å². The van der Waals surface area contributed by atoms with E-state index in [9.17, 15) is 0 Å². The zero-order chi connectivity index (χ0) is 2.00. The van der Waals surface area contributed by atoms with Crippen molar-refractivity contribution in [2.45, 2.75) is 0 Å². The minimum Gasteiger partial charge on any atom is -1.00 e. The third kappa shape index (κ3) is 685. The number of hydrogen-bond acceptors (Lipinski definition) is 2. The van der Waals surface area contributed by atoms with E-state index in [2.05, 4.69) is 0 Å². The average Bonchev–Trinajstić information content (AvgIpc) is 1.00. The molecule has 0 aromatic rings. The van der Waals surface area contributed by atoms with Gasteiger partial charge in [0.2, 0.25) is 0 Å². The summed E-state index contributed by atoms with van der Waals surface area (Å²) >= 11 is 0. The van der Waals surface area contributed by atoms with E-state index >= 15 is 0 Å². The standard InChI is InChI=1S/Ba.O2.8H2O/c;1-2;;;;;;;;/h;;8*1H2/q+2;-2;;;;;;;;. The molecule has 78 valence electrons. The summed E-state index contributed by atoms with van der Waals surface area (Å²) in [4.78, 5) is 0. The van der Waals surface area contributed by atoms with Gasteiger partial charge in [-0.05, 0) is 0 Å². The van der Waals surface area contributed by atoms with Gasteiger partial charge in [0.25, 0.3) is 0 Å². The molecule has 0 atom stereocenters. The van der Waals surface area contributed by atoms with E-state index < -0.39 is 0 Å². The molecule has 0 heterocycles. The van der Waals surface area contributed by atoms with Crippen LogP contribution in [-0.4, -0.2) is 92.7 Å². The molecular weight excluding hydrogens is 297 g/mol. The van der Waals surface area contributed by atoms with Crippen LogP contribution in [0.2, 0.25) is 0 Å². The van der Waals surface area contributed by atoms with Crippen molar-refractivity contribution in [3.63, 3.8) is 0 Å². The minimum atomic E-state index is 0. The van der Waals surface area contributed by atoms with Crippen molar-refractivity contribution in [3.8, 4) is 0 Å². The van der Waals surface area contributed by atoms with Gasteiger partial charge in [-0.15, -0.1) is 0 Å². The van der Waals surface area contributed by atoms with Gasteiger partial charge in [-0.2, -0.15) is 0 Å². The molecule has 0 spiro atoms. The van der Waals surface area contributed by atoms with Crippen LogP contribution in [0.3, 0.4) is 0 Å². The zero-order valence-corrected chi connectivity index (χ0v) is 9.96. The molecule has 0 aromatic carbocycles. The molecule has 0 saturated heterocycles. The first-order valence-corrected chi connectivity index (χ1v) is 0.167. The maximum Gasteiger partial charge on any atom is 2.00 e. The monoisotopic (exact) mass is 314 g/mol. The Morgan fingerprint density at radius 1 is 0.364 bits per heavy atom. The summed E-state index contributed by atoms with van der Waals surface area (Å²) in [6, 6.07) is 0. The summed E-state index contributed by atoms with van der Waals surface area (Å²) in [6.45, 7) is 0. The predicted octanol–water partition coefficient (Wildman–Crippen LogP) is -9.36. The van der Waals surface area contributed by atoms with Gasteiger partial charge in [-0.25, -0.2) is 0 Å². The Kier molecular flexibility index (Phi) is 24700. The summed E-state index contributed by atoms with van der Waals surface area (Å²) in [5.41, 5.74) is 0. The van der Waals surface area contributed by atoms with Gasteiger partial charge in [0.1, 0.15) is 0 Å². The van der Waals surface area contributed by atoms with E-state index in [1.165, 1.54) is 0 Å². The minimum absolute atomic E-state index is 0. The molecule has 0 aromatic heterocycles. The van der Waals surface area contributed by atoms with Crippen molar-refractivity contribution in [2.75, 3.05) is 0 Å². The average molecular weight is 313 g/mol. The Hall–Kier alpha value is 1.17. The van der Waals surface area contributed by atoms with Gasteiger partial charge in [-0.1, -0.05) is 0 Å². The van der Waals surface area contributed by atoms with E-state index in [1.54, 1.807) is 0 Å². The van der Waals surface area contributed by atoms with Gasteiger partial charge in [-0.3, -0.25) is 0 Å². The van der Waals surface area contributed by atoms with Crippen molar-refractivity contribution in [1.29, 1.82) is 0 Å². The van der Waals surface area contributed by atoms with E-state index in [0.717, 1.165) is 0 Å². The predicted molar refractivity (Wildman–Crippen MR) is 34.7 cm³/mol. The van der Waals surface area contributed by atoms with Crippen molar-refractivity contribution < 1.29 is 54.3 Å². The molecule has 0 saturated carbocycles. The molecule has 0 aliphatic carbocycles. The molecular formula is H16BaO10. The van der Waals surface area contributed by atoms with Gasteiger partial charge < -0.3 is 54.3 Å². The maximum atomic E-state index is 7.00. The first-order chi connectivity index (χ1) is 1.00. The molecule has 11 heavy (non-hydrogen) atoms. The third-order valence-corrected chi connectivity index (χ3v) is 0. The Morgan fingerprint density at radius 2 is 0.364 bits per heavy atom. The summed E-state index contributed by atoms with van der Waals surface area (Å²) in [5, 5.41) is 14.0.